The highest BCUT2D eigenvalue weighted by Gasteiger charge is 2.54. The summed E-state index contributed by atoms with van der Waals surface area (Å²) >= 11 is 0. The average Bonchev–Trinajstić information content (AvgIpc) is 2.44. The molecule has 0 radical (unpaired) electrons. The van der Waals surface area contributed by atoms with Gasteiger partial charge in [-0.3, -0.25) is 4.79 Å². The number of ketones is 1. The molecule has 1 fully saturated rings. The summed E-state index contributed by atoms with van der Waals surface area (Å²) < 4.78 is 0. The van der Waals surface area contributed by atoms with E-state index in [1.54, 1.807) is 6.07 Å². The fourth-order valence-electron chi connectivity index (χ4n) is 4.99. The van der Waals surface area contributed by atoms with Gasteiger partial charge < -0.3 is 20.4 Å². The first-order valence-corrected chi connectivity index (χ1v) is 8.68. The molecule has 0 bridgehead atoms. The second kappa shape index (κ2) is 5.24. The fraction of sp³-hybridized carbons (Fsp3) is 0.550. The number of allylic oxidation sites excluding steroid dienone is 2. The minimum atomic E-state index is -0.925. The molecule has 0 aliphatic heterocycles. The molecule has 2 aliphatic carbocycles. The number of aliphatic hydroxyl groups is 2. The van der Waals surface area contributed by atoms with Crippen molar-refractivity contribution in [1.29, 1.82) is 0 Å². The Balaban J connectivity index is 2.40. The van der Waals surface area contributed by atoms with E-state index in [1.807, 2.05) is 34.6 Å². The molecule has 25 heavy (non-hydrogen) atoms. The Hall–Kier alpha value is -2.01. The zero-order chi connectivity index (χ0) is 18.9. The largest absolute Gasteiger partial charge is 0.504 e. The van der Waals surface area contributed by atoms with Crippen LogP contribution in [0.25, 0.3) is 0 Å². The summed E-state index contributed by atoms with van der Waals surface area (Å²) in [5.41, 5.74) is -0.0460. The molecule has 2 atom stereocenters. The van der Waals surface area contributed by atoms with Crippen LogP contribution >= 0.6 is 0 Å². The second-order valence-corrected chi connectivity index (χ2v) is 8.57. The first-order chi connectivity index (χ1) is 11.4. The van der Waals surface area contributed by atoms with Gasteiger partial charge in [0, 0.05) is 22.1 Å². The molecule has 0 heterocycles. The number of hydrogen-bond acceptors (Lipinski definition) is 5. The van der Waals surface area contributed by atoms with Gasteiger partial charge in [-0.05, 0) is 35.8 Å². The molecular formula is C20H26O5. The van der Waals surface area contributed by atoms with E-state index in [1.165, 1.54) is 0 Å². The zero-order valence-electron chi connectivity index (χ0n) is 15.3. The smallest absolute Gasteiger partial charge is 0.227 e. The number of aliphatic hydroxyl groups excluding tert-OH is 2. The summed E-state index contributed by atoms with van der Waals surface area (Å²) in [6.45, 7) is 9.25. The maximum Gasteiger partial charge on any atom is 0.227 e. The molecule has 136 valence electrons. The first kappa shape index (κ1) is 17.8. The predicted octanol–water partition coefficient (Wildman–Crippen LogP) is 3.67. The van der Waals surface area contributed by atoms with E-state index >= 15 is 0 Å². The third kappa shape index (κ3) is 2.29. The van der Waals surface area contributed by atoms with Crippen LogP contribution in [-0.2, 0) is 5.41 Å². The van der Waals surface area contributed by atoms with Gasteiger partial charge in [0.2, 0.25) is 5.78 Å². The molecule has 0 amide bonds. The van der Waals surface area contributed by atoms with Crippen LogP contribution in [0.15, 0.2) is 17.4 Å². The zero-order valence-corrected chi connectivity index (χ0v) is 15.3. The number of carbonyl (C=O) groups is 1. The quantitative estimate of drug-likeness (QED) is 0.582. The minimum absolute atomic E-state index is 0.0993. The van der Waals surface area contributed by atoms with E-state index in [2.05, 4.69) is 0 Å². The van der Waals surface area contributed by atoms with Crippen molar-refractivity contribution >= 4 is 5.78 Å². The van der Waals surface area contributed by atoms with Crippen LogP contribution in [0.5, 0.6) is 11.5 Å². The topological polar surface area (TPSA) is 98.0 Å². The molecule has 5 heteroatoms. The van der Waals surface area contributed by atoms with E-state index in [0.29, 0.717) is 23.1 Å². The monoisotopic (exact) mass is 346 g/mol. The van der Waals surface area contributed by atoms with Crippen LogP contribution in [0.3, 0.4) is 0 Å². The molecule has 0 saturated heterocycles. The number of benzene rings is 1. The lowest BCUT2D eigenvalue weighted by molar-refractivity contribution is 0.0555. The predicted molar refractivity (Wildman–Crippen MR) is 94.2 cm³/mol. The standard InChI is InChI=1S/C20H26O5/c1-9(2)11-6-12-13(16(24)14(11)22)20(5)8-10(21)7-19(3,4)18(20)17(25)15(12)23/h6,9-10,21-22,24-25H,7-8H2,1-5H3/t10-,20+/m0/s1. The highest BCUT2D eigenvalue weighted by atomic mass is 16.3. The van der Waals surface area contributed by atoms with Gasteiger partial charge in [0.15, 0.2) is 17.3 Å². The van der Waals surface area contributed by atoms with Crippen molar-refractivity contribution in [2.24, 2.45) is 5.41 Å². The Morgan fingerprint density at radius 2 is 1.68 bits per heavy atom. The Kier molecular flexibility index (Phi) is 3.73. The van der Waals surface area contributed by atoms with Crippen molar-refractivity contribution in [3.05, 3.63) is 34.1 Å². The Labute approximate surface area is 147 Å². The molecule has 2 aliphatic rings. The van der Waals surface area contributed by atoms with Crippen LogP contribution in [0.1, 0.15) is 74.9 Å². The van der Waals surface area contributed by atoms with Gasteiger partial charge in [-0.15, -0.1) is 0 Å². The third-order valence-electron chi connectivity index (χ3n) is 5.79. The van der Waals surface area contributed by atoms with Gasteiger partial charge in [0.1, 0.15) is 0 Å². The Morgan fingerprint density at radius 3 is 2.24 bits per heavy atom. The third-order valence-corrected chi connectivity index (χ3v) is 5.79. The van der Waals surface area contributed by atoms with Gasteiger partial charge in [-0.1, -0.05) is 34.6 Å². The van der Waals surface area contributed by atoms with Crippen LogP contribution in [0.4, 0.5) is 0 Å². The molecule has 1 saturated carbocycles. The van der Waals surface area contributed by atoms with E-state index < -0.39 is 22.7 Å². The van der Waals surface area contributed by atoms with E-state index in [9.17, 15) is 25.2 Å². The van der Waals surface area contributed by atoms with Crippen LogP contribution in [-0.4, -0.2) is 32.3 Å². The summed E-state index contributed by atoms with van der Waals surface area (Å²) in [7, 11) is 0. The molecule has 0 spiro atoms. The molecule has 3 rings (SSSR count). The summed E-state index contributed by atoms with van der Waals surface area (Å²) in [6, 6.07) is 1.56. The van der Waals surface area contributed by atoms with Gasteiger partial charge in [0.25, 0.3) is 0 Å². The second-order valence-electron chi connectivity index (χ2n) is 8.57. The van der Waals surface area contributed by atoms with E-state index in [4.69, 9.17) is 0 Å². The first-order valence-electron chi connectivity index (χ1n) is 8.68. The number of phenols is 2. The molecule has 0 aromatic heterocycles. The van der Waals surface area contributed by atoms with Crippen molar-refractivity contribution < 1.29 is 25.2 Å². The van der Waals surface area contributed by atoms with Gasteiger partial charge >= 0.3 is 0 Å². The molecular weight excluding hydrogens is 320 g/mol. The van der Waals surface area contributed by atoms with Crippen molar-refractivity contribution in [2.75, 3.05) is 0 Å². The highest BCUT2D eigenvalue weighted by molar-refractivity contribution is 6.11. The number of phenolic OH excluding ortho intramolecular Hbond substituents is 2. The highest BCUT2D eigenvalue weighted by Crippen LogP contribution is 2.59. The maximum atomic E-state index is 12.9. The molecule has 1 aromatic carbocycles. The minimum Gasteiger partial charge on any atom is -0.504 e. The summed E-state index contributed by atoms with van der Waals surface area (Å²) in [5.74, 6) is -1.50. The lowest BCUT2D eigenvalue weighted by Crippen LogP contribution is -2.47. The van der Waals surface area contributed by atoms with Gasteiger partial charge in [-0.25, -0.2) is 0 Å². The van der Waals surface area contributed by atoms with Crippen LogP contribution in [0, 0.1) is 5.41 Å². The maximum absolute atomic E-state index is 12.9. The molecule has 0 unspecified atom stereocenters. The summed E-state index contributed by atoms with van der Waals surface area (Å²) in [4.78, 5) is 12.9. The number of aromatic hydroxyl groups is 2. The molecule has 1 aromatic rings. The molecule has 4 N–H and O–H groups in total. The number of Topliss-reactive ketones (excluding diaryl/α,β-unsaturated/α-hetero) is 1. The van der Waals surface area contributed by atoms with Crippen LogP contribution in [0.2, 0.25) is 0 Å². The number of fused-ring (bicyclic) bond motifs is 3. The van der Waals surface area contributed by atoms with Gasteiger partial charge in [-0.2, -0.15) is 0 Å². The summed E-state index contributed by atoms with van der Waals surface area (Å²) in [5, 5.41) is 42.3. The SMILES string of the molecule is CC(C)c1cc2c(c(O)c1O)[C@@]1(C)C[C@@H](O)CC(C)(C)C1=C(O)C2=O. The normalized spacial score (nSPS) is 28.1. The van der Waals surface area contributed by atoms with Crippen molar-refractivity contribution in [2.45, 2.75) is 64.9 Å². The fourth-order valence-corrected chi connectivity index (χ4v) is 4.99. The lowest BCUT2D eigenvalue weighted by atomic mass is 9.53. The lowest BCUT2D eigenvalue weighted by Gasteiger charge is -2.50. The van der Waals surface area contributed by atoms with Crippen LogP contribution < -0.4 is 0 Å². The van der Waals surface area contributed by atoms with E-state index in [0.717, 1.165) is 0 Å². The Bertz CT molecular complexity index is 803. The molecule has 5 nitrogen and oxygen atoms in total. The van der Waals surface area contributed by atoms with E-state index in [-0.39, 0.29) is 35.2 Å². The average molecular weight is 346 g/mol. The number of carbonyl (C=O) groups excluding carboxylic acids is 1. The summed E-state index contributed by atoms with van der Waals surface area (Å²) in [6.07, 6.45) is 0.0508. The number of rotatable bonds is 1. The number of hydrogen-bond donors (Lipinski definition) is 4. The van der Waals surface area contributed by atoms with Crippen molar-refractivity contribution in [1.82, 2.24) is 0 Å². The van der Waals surface area contributed by atoms with Gasteiger partial charge in [0.05, 0.1) is 6.10 Å². The van der Waals surface area contributed by atoms with Crippen molar-refractivity contribution in [3.8, 4) is 11.5 Å². The van der Waals surface area contributed by atoms with Crippen molar-refractivity contribution in [3.63, 3.8) is 0 Å². The Morgan fingerprint density at radius 1 is 1.08 bits per heavy atom.